The van der Waals surface area contributed by atoms with Crippen LogP contribution in [0.4, 0.5) is 0 Å². The number of hydrogen-bond acceptors (Lipinski definition) is 4. The summed E-state index contributed by atoms with van der Waals surface area (Å²) in [5.74, 6) is 1.63. The van der Waals surface area contributed by atoms with Crippen LogP contribution < -0.4 is 10.6 Å². The fourth-order valence-electron chi connectivity index (χ4n) is 1.54. The van der Waals surface area contributed by atoms with E-state index in [9.17, 15) is 0 Å². The van der Waals surface area contributed by atoms with Gasteiger partial charge in [0.15, 0.2) is 5.96 Å². The number of rotatable bonds is 5. The van der Waals surface area contributed by atoms with E-state index in [1.165, 1.54) is 11.2 Å². The average Bonchev–Trinajstić information content (AvgIpc) is 3.04. The largest absolute Gasteiger partial charge is 0.357 e. The maximum Gasteiger partial charge on any atom is 0.191 e. The molecule has 0 fully saturated rings. The molecule has 0 aliphatic heterocycles. The van der Waals surface area contributed by atoms with Crippen molar-refractivity contribution in [3.8, 4) is 0 Å². The topological polar surface area (TPSA) is 67.1 Å². The molecule has 0 aliphatic rings. The third-order valence-corrected chi connectivity index (χ3v) is 3.41. The highest BCUT2D eigenvalue weighted by molar-refractivity contribution is 14.0. The summed E-state index contributed by atoms with van der Waals surface area (Å²) in [7, 11) is 1.86. The Morgan fingerprint density at radius 2 is 2.30 bits per heavy atom. The molecule has 2 aromatic rings. The smallest absolute Gasteiger partial charge is 0.191 e. The molecule has 0 unspecified atom stereocenters. The average molecular weight is 406 g/mol. The van der Waals surface area contributed by atoms with Crippen LogP contribution in [0.15, 0.2) is 28.8 Å². The molecule has 20 heavy (non-hydrogen) atoms. The molecule has 0 amide bonds. The van der Waals surface area contributed by atoms with Gasteiger partial charge in [0.1, 0.15) is 18.7 Å². The van der Waals surface area contributed by atoms with Crippen molar-refractivity contribution in [2.45, 2.75) is 20.0 Å². The Morgan fingerprint density at radius 1 is 1.45 bits per heavy atom. The summed E-state index contributed by atoms with van der Waals surface area (Å²) in [5, 5.41) is 12.6. The van der Waals surface area contributed by atoms with Crippen LogP contribution in [0.3, 0.4) is 0 Å². The highest BCUT2D eigenvalue weighted by Crippen LogP contribution is 2.07. The van der Waals surface area contributed by atoms with E-state index >= 15 is 0 Å². The Kier molecular flexibility index (Phi) is 7.52. The van der Waals surface area contributed by atoms with Crippen molar-refractivity contribution >= 4 is 41.3 Å². The van der Waals surface area contributed by atoms with Crippen LogP contribution >= 0.6 is 35.3 Å². The molecule has 6 nitrogen and oxygen atoms in total. The lowest BCUT2D eigenvalue weighted by atomic mass is 10.4. The Labute approximate surface area is 139 Å². The molecule has 0 aliphatic carbocycles. The van der Waals surface area contributed by atoms with Crippen molar-refractivity contribution in [1.82, 2.24) is 25.4 Å². The van der Waals surface area contributed by atoms with E-state index < -0.39 is 0 Å². The number of thiophene rings is 1. The van der Waals surface area contributed by atoms with Crippen molar-refractivity contribution in [2.24, 2.45) is 12.0 Å². The van der Waals surface area contributed by atoms with Crippen molar-refractivity contribution in [2.75, 3.05) is 6.54 Å². The van der Waals surface area contributed by atoms with Crippen LogP contribution in [-0.4, -0.2) is 27.3 Å². The second-order valence-corrected chi connectivity index (χ2v) is 4.96. The van der Waals surface area contributed by atoms with Crippen LogP contribution in [-0.2, 0) is 20.1 Å². The number of guanidine groups is 1. The van der Waals surface area contributed by atoms with E-state index in [4.69, 9.17) is 0 Å². The zero-order chi connectivity index (χ0) is 13.5. The Balaban J connectivity index is 0.00000200. The minimum Gasteiger partial charge on any atom is -0.357 e. The lowest BCUT2D eigenvalue weighted by Gasteiger charge is -2.10. The first-order chi connectivity index (χ1) is 9.29. The predicted octanol–water partition coefficient (Wildman–Crippen LogP) is 1.75. The summed E-state index contributed by atoms with van der Waals surface area (Å²) >= 11 is 1.73. The quantitative estimate of drug-likeness (QED) is 0.451. The van der Waals surface area contributed by atoms with Gasteiger partial charge in [-0.2, -0.15) is 5.10 Å². The van der Waals surface area contributed by atoms with Gasteiger partial charge in [-0.1, -0.05) is 6.07 Å². The van der Waals surface area contributed by atoms with E-state index in [-0.39, 0.29) is 24.0 Å². The van der Waals surface area contributed by atoms with E-state index in [1.807, 2.05) is 20.0 Å². The standard InChI is InChI=1S/C12H18N6S.HI/c1-3-13-12(14-7-10-5-4-6-19-10)15-8-11-16-9-17-18(11)2;/h4-6,9H,3,7-8H2,1-2H3,(H2,13,14,15);1H. The molecule has 2 rings (SSSR count). The number of aryl methyl sites for hydroxylation is 1. The molecule has 0 atom stereocenters. The summed E-state index contributed by atoms with van der Waals surface area (Å²) < 4.78 is 1.73. The molecule has 110 valence electrons. The van der Waals surface area contributed by atoms with E-state index in [2.05, 4.69) is 37.2 Å². The van der Waals surface area contributed by atoms with Gasteiger partial charge in [-0.15, -0.1) is 35.3 Å². The van der Waals surface area contributed by atoms with E-state index in [0.717, 1.165) is 24.9 Å². The molecule has 2 heterocycles. The molecule has 0 aromatic carbocycles. The number of aliphatic imine (C=N–C) groups is 1. The summed E-state index contributed by atoms with van der Waals surface area (Å²) in [6.07, 6.45) is 1.54. The fraction of sp³-hybridized carbons (Fsp3) is 0.417. The third kappa shape index (κ3) is 5.08. The maximum atomic E-state index is 4.49. The molecule has 0 spiro atoms. The van der Waals surface area contributed by atoms with Crippen LogP contribution in [0.5, 0.6) is 0 Å². The molecule has 0 saturated carbocycles. The Hall–Kier alpha value is -1.16. The second-order valence-electron chi connectivity index (χ2n) is 3.93. The van der Waals surface area contributed by atoms with Gasteiger partial charge in [0.2, 0.25) is 0 Å². The van der Waals surface area contributed by atoms with Gasteiger partial charge in [0.05, 0.1) is 6.54 Å². The lowest BCUT2D eigenvalue weighted by molar-refractivity contribution is 0.697. The third-order valence-electron chi connectivity index (χ3n) is 2.54. The molecule has 2 N–H and O–H groups in total. The van der Waals surface area contributed by atoms with Gasteiger partial charge in [0, 0.05) is 18.5 Å². The number of aromatic nitrogens is 3. The minimum absolute atomic E-state index is 0. The normalized spacial score (nSPS) is 11.0. The highest BCUT2D eigenvalue weighted by Gasteiger charge is 2.01. The van der Waals surface area contributed by atoms with E-state index in [1.54, 1.807) is 16.0 Å². The summed E-state index contributed by atoms with van der Waals surface area (Å²) in [4.78, 5) is 9.92. The first-order valence-corrected chi connectivity index (χ1v) is 7.05. The maximum absolute atomic E-state index is 4.49. The van der Waals surface area contributed by atoms with Gasteiger partial charge in [-0.05, 0) is 18.4 Å². The number of halogens is 1. The number of nitrogens with one attached hydrogen (secondary N) is 2. The van der Waals surface area contributed by atoms with Crippen molar-refractivity contribution in [1.29, 1.82) is 0 Å². The van der Waals surface area contributed by atoms with Crippen LogP contribution in [0, 0.1) is 0 Å². The fourth-order valence-corrected chi connectivity index (χ4v) is 2.18. The van der Waals surface area contributed by atoms with Crippen LogP contribution in [0.2, 0.25) is 0 Å². The summed E-state index contributed by atoms with van der Waals surface area (Å²) in [6, 6.07) is 4.15. The van der Waals surface area contributed by atoms with Gasteiger partial charge in [0.25, 0.3) is 0 Å². The van der Waals surface area contributed by atoms with Gasteiger partial charge in [-0.3, -0.25) is 4.68 Å². The molecular weight excluding hydrogens is 387 g/mol. The summed E-state index contributed by atoms with van der Waals surface area (Å²) in [5.41, 5.74) is 0. The minimum atomic E-state index is 0. The Morgan fingerprint density at radius 3 is 2.90 bits per heavy atom. The summed E-state index contributed by atoms with van der Waals surface area (Å²) in [6.45, 7) is 4.17. The van der Waals surface area contributed by atoms with Crippen molar-refractivity contribution in [3.05, 3.63) is 34.5 Å². The molecule has 2 aromatic heterocycles. The van der Waals surface area contributed by atoms with E-state index in [0.29, 0.717) is 6.54 Å². The first kappa shape index (κ1) is 16.9. The zero-order valence-electron chi connectivity index (χ0n) is 11.5. The zero-order valence-corrected chi connectivity index (χ0v) is 14.7. The molecule has 0 saturated heterocycles. The lowest BCUT2D eigenvalue weighted by Crippen LogP contribution is -2.36. The van der Waals surface area contributed by atoms with Crippen LogP contribution in [0.25, 0.3) is 0 Å². The molecular formula is C12H19IN6S. The Bertz CT molecular complexity index is 522. The van der Waals surface area contributed by atoms with Gasteiger partial charge >= 0.3 is 0 Å². The molecule has 0 radical (unpaired) electrons. The molecule has 0 bridgehead atoms. The number of hydrogen-bond donors (Lipinski definition) is 2. The van der Waals surface area contributed by atoms with Crippen molar-refractivity contribution in [3.63, 3.8) is 0 Å². The highest BCUT2D eigenvalue weighted by atomic mass is 127. The molecule has 8 heteroatoms. The first-order valence-electron chi connectivity index (χ1n) is 6.17. The van der Waals surface area contributed by atoms with Crippen LogP contribution in [0.1, 0.15) is 17.6 Å². The van der Waals surface area contributed by atoms with Crippen molar-refractivity contribution < 1.29 is 0 Å². The second kappa shape index (κ2) is 8.90. The monoisotopic (exact) mass is 406 g/mol. The number of nitrogens with zero attached hydrogens (tertiary/aromatic N) is 4. The van der Waals surface area contributed by atoms with Gasteiger partial charge in [-0.25, -0.2) is 9.98 Å². The predicted molar refractivity (Wildman–Crippen MR) is 92.4 cm³/mol. The van der Waals surface area contributed by atoms with Gasteiger partial charge < -0.3 is 10.6 Å². The SMILES string of the molecule is CCNC(=NCc1ncnn1C)NCc1cccs1.I.